The Balaban J connectivity index is 1.30. The van der Waals surface area contributed by atoms with E-state index in [1.807, 2.05) is 6.07 Å². The first-order valence-corrected chi connectivity index (χ1v) is 17.5. The van der Waals surface area contributed by atoms with Crippen molar-refractivity contribution in [3.05, 3.63) is 144 Å². The molecular formula is C47H34N2O. The fourth-order valence-corrected chi connectivity index (χ4v) is 9.37. The van der Waals surface area contributed by atoms with Crippen LogP contribution in [0.4, 0.5) is 22.7 Å². The summed E-state index contributed by atoms with van der Waals surface area (Å²) < 4.78 is 6.77. The number of anilines is 4. The second-order valence-corrected chi connectivity index (χ2v) is 14.8. The molecule has 0 bridgehead atoms. The van der Waals surface area contributed by atoms with Crippen LogP contribution in [-0.2, 0) is 5.41 Å². The zero-order valence-electron chi connectivity index (χ0n) is 28.5. The van der Waals surface area contributed by atoms with Gasteiger partial charge in [0.25, 0.3) is 0 Å². The molecule has 11 rings (SSSR count). The Morgan fingerprint density at radius 2 is 1.20 bits per heavy atom. The molecule has 238 valence electrons. The summed E-state index contributed by atoms with van der Waals surface area (Å²) in [6, 6.07) is 44.6. The summed E-state index contributed by atoms with van der Waals surface area (Å²) in [6.07, 6.45) is 0. The van der Waals surface area contributed by atoms with Crippen LogP contribution in [0.5, 0.6) is 0 Å². The maximum absolute atomic E-state index is 6.77. The molecule has 1 heterocycles. The van der Waals surface area contributed by atoms with Gasteiger partial charge in [0, 0.05) is 38.3 Å². The van der Waals surface area contributed by atoms with Crippen LogP contribution in [0.3, 0.4) is 0 Å². The van der Waals surface area contributed by atoms with Crippen LogP contribution in [0.1, 0.15) is 36.1 Å². The monoisotopic (exact) mass is 642 g/mol. The molecule has 0 spiro atoms. The molecule has 3 nitrogen and oxygen atoms in total. The highest BCUT2D eigenvalue weighted by Gasteiger charge is 2.35. The van der Waals surface area contributed by atoms with Gasteiger partial charge >= 0.3 is 0 Å². The number of hydrogen-bond donors (Lipinski definition) is 1. The standard InChI is InChI=1S/C47H34N2O/c1-25-21-38(48)34-19-17-31-26(2)22-40(35-20-18-30(25)44(34)45(31)35)49(39-13-8-11-33-32-10-5-6-14-41(32)50-46(33)39)29-23-28-16-15-27-9-7-12-36-42(27)43(28)37(24-29)47(36,3)4/h5-24H,48H2,1-4H3. The minimum absolute atomic E-state index is 0.151. The van der Waals surface area contributed by atoms with Crippen LogP contribution in [0.15, 0.2) is 126 Å². The van der Waals surface area contributed by atoms with E-state index in [2.05, 4.69) is 148 Å². The first-order valence-electron chi connectivity index (χ1n) is 17.5. The largest absolute Gasteiger partial charge is 0.454 e. The molecule has 10 aromatic rings. The van der Waals surface area contributed by atoms with Crippen LogP contribution in [0, 0.1) is 13.8 Å². The van der Waals surface area contributed by atoms with Gasteiger partial charge in [-0.05, 0) is 116 Å². The molecule has 0 saturated heterocycles. The third kappa shape index (κ3) is 3.39. The summed E-state index contributed by atoms with van der Waals surface area (Å²) in [5.74, 6) is 0. The number of fused-ring (bicyclic) bond motifs is 3. The number of benzene rings is 9. The highest BCUT2D eigenvalue weighted by atomic mass is 16.3. The lowest BCUT2D eigenvalue weighted by Crippen LogP contribution is -2.17. The van der Waals surface area contributed by atoms with Crippen molar-refractivity contribution in [2.24, 2.45) is 0 Å². The van der Waals surface area contributed by atoms with E-state index in [1.165, 1.54) is 70.7 Å². The molecule has 50 heavy (non-hydrogen) atoms. The Labute approximate surface area is 289 Å². The molecule has 0 aliphatic heterocycles. The summed E-state index contributed by atoms with van der Waals surface area (Å²) in [7, 11) is 0. The molecule has 0 saturated carbocycles. The van der Waals surface area contributed by atoms with E-state index >= 15 is 0 Å². The Morgan fingerprint density at radius 1 is 0.520 bits per heavy atom. The molecule has 3 heteroatoms. The van der Waals surface area contributed by atoms with Gasteiger partial charge in [0.15, 0.2) is 5.58 Å². The van der Waals surface area contributed by atoms with E-state index < -0.39 is 0 Å². The first kappa shape index (κ1) is 27.8. The average molecular weight is 643 g/mol. The summed E-state index contributed by atoms with van der Waals surface area (Å²) in [4.78, 5) is 2.46. The van der Waals surface area contributed by atoms with Crippen molar-refractivity contribution in [1.29, 1.82) is 0 Å². The van der Waals surface area contributed by atoms with Crippen molar-refractivity contribution in [2.45, 2.75) is 33.1 Å². The topological polar surface area (TPSA) is 42.4 Å². The van der Waals surface area contributed by atoms with E-state index in [4.69, 9.17) is 10.2 Å². The fraction of sp³-hybridized carbons (Fsp3) is 0.106. The van der Waals surface area contributed by atoms with Crippen LogP contribution < -0.4 is 10.6 Å². The molecule has 0 unspecified atom stereocenters. The number of rotatable bonds is 3. The SMILES string of the molecule is Cc1cc(N)c2ccc3c(C)cc(N(c4cc5c6c(ccc7cccc(c76)C5(C)C)c4)c4cccc5c4oc4ccccc45)c4ccc1c2c34. The second-order valence-electron chi connectivity index (χ2n) is 14.8. The molecule has 0 fully saturated rings. The average Bonchev–Trinajstić information content (AvgIpc) is 3.62. The Kier molecular flexibility index (Phi) is 5.20. The van der Waals surface area contributed by atoms with Crippen molar-refractivity contribution in [3.8, 4) is 0 Å². The smallest absolute Gasteiger partial charge is 0.159 e. The normalized spacial score (nSPS) is 13.8. The minimum atomic E-state index is -0.151. The van der Waals surface area contributed by atoms with Gasteiger partial charge in [-0.1, -0.05) is 98.8 Å². The Bertz CT molecular complexity index is 3090. The maximum Gasteiger partial charge on any atom is 0.159 e. The van der Waals surface area contributed by atoms with Crippen LogP contribution >= 0.6 is 0 Å². The maximum atomic E-state index is 6.77. The van der Waals surface area contributed by atoms with E-state index in [1.54, 1.807) is 0 Å². The Hall–Kier alpha value is -6.06. The number of nitrogens with zero attached hydrogens (tertiary/aromatic N) is 1. The highest BCUT2D eigenvalue weighted by molar-refractivity contribution is 6.29. The zero-order valence-corrected chi connectivity index (χ0v) is 28.5. The molecule has 2 N–H and O–H groups in total. The van der Waals surface area contributed by atoms with Gasteiger partial charge in [0.1, 0.15) is 5.58 Å². The van der Waals surface area contributed by atoms with Crippen molar-refractivity contribution in [1.82, 2.24) is 0 Å². The third-order valence-electron chi connectivity index (χ3n) is 11.7. The third-order valence-corrected chi connectivity index (χ3v) is 11.7. The number of nitrogen functional groups attached to an aromatic ring is 1. The minimum Gasteiger partial charge on any atom is -0.454 e. The lowest BCUT2D eigenvalue weighted by atomic mass is 9.81. The summed E-state index contributed by atoms with van der Waals surface area (Å²) >= 11 is 0. The second kappa shape index (κ2) is 9.34. The molecule has 0 atom stereocenters. The van der Waals surface area contributed by atoms with Gasteiger partial charge in [0.2, 0.25) is 0 Å². The summed E-state index contributed by atoms with van der Waals surface area (Å²) in [5.41, 5.74) is 17.6. The van der Waals surface area contributed by atoms with Gasteiger partial charge in [-0.25, -0.2) is 0 Å². The van der Waals surface area contributed by atoms with Gasteiger partial charge < -0.3 is 15.1 Å². The predicted octanol–water partition coefficient (Wildman–Crippen LogP) is 13.1. The van der Waals surface area contributed by atoms with E-state index in [9.17, 15) is 0 Å². The number of para-hydroxylation sites is 2. The van der Waals surface area contributed by atoms with E-state index in [-0.39, 0.29) is 5.41 Å². The van der Waals surface area contributed by atoms with Crippen molar-refractivity contribution in [2.75, 3.05) is 10.6 Å². The quantitative estimate of drug-likeness (QED) is 0.154. The van der Waals surface area contributed by atoms with Gasteiger partial charge in [0.05, 0.1) is 11.4 Å². The molecule has 0 amide bonds. The fourth-order valence-electron chi connectivity index (χ4n) is 9.37. The number of furan rings is 1. The predicted molar refractivity (Wildman–Crippen MR) is 213 cm³/mol. The van der Waals surface area contributed by atoms with Crippen molar-refractivity contribution >= 4 is 98.6 Å². The zero-order chi connectivity index (χ0) is 33.6. The molecule has 1 aliphatic carbocycles. The number of nitrogens with two attached hydrogens (primary N) is 1. The molecule has 9 aromatic carbocycles. The van der Waals surface area contributed by atoms with Crippen LogP contribution in [0.25, 0.3) is 75.8 Å². The van der Waals surface area contributed by atoms with E-state index in [0.29, 0.717) is 0 Å². The van der Waals surface area contributed by atoms with Gasteiger partial charge in [-0.2, -0.15) is 0 Å². The summed E-state index contributed by atoms with van der Waals surface area (Å²) in [6.45, 7) is 9.15. The van der Waals surface area contributed by atoms with Crippen molar-refractivity contribution < 1.29 is 4.42 Å². The molecule has 0 radical (unpaired) electrons. The molecular weight excluding hydrogens is 609 g/mol. The number of hydrogen-bond acceptors (Lipinski definition) is 3. The number of aryl methyl sites for hydroxylation is 2. The van der Waals surface area contributed by atoms with Crippen molar-refractivity contribution in [3.63, 3.8) is 0 Å². The highest BCUT2D eigenvalue weighted by Crippen LogP contribution is 2.53. The van der Waals surface area contributed by atoms with Crippen LogP contribution in [0.2, 0.25) is 0 Å². The van der Waals surface area contributed by atoms with E-state index in [0.717, 1.165) is 50.1 Å². The van der Waals surface area contributed by atoms with Crippen LogP contribution in [-0.4, -0.2) is 0 Å². The summed E-state index contributed by atoms with van der Waals surface area (Å²) in [5, 5.41) is 14.8. The molecule has 1 aromatic heterocycles. The first-order chi connectivity index (χ1) is 24.3. The van der Waals surface area contributed by atoms with Gasteiger partial charge in [-0.15, -0.1) is 0 Å². The van der Waals surface area contributed by atoms with Gasteiger partial charge in [-0.3, -0.25) is 0 Å². The Morgan fingerprint density at radius 3 is 2.06 bits per heavy atom. The lowest BCUT2D eigenvalue weighted by Gasteiger charge is -2.30. The lowest BCUT2D eigenvalue weighted by molar-refractivity contribution is 0.662. The molecule has 1 aliphatic rings.